The van der Waals surface area contributed by atoms with E-state index in [9.17, 15) is 14.4 Å². The number of primary amides is 1. The van der Waals surface area contributed by atoms with E-state index in [2.05, 4.69) is 10.6 Å². The summed E-state index contributed by atoms with van der Waals surface area (Å²) in [5.74, 6) is -0.833. The number of nitrogens with one attached hydrogen (secondary N) is 2. The SMILES string of the molecule is N#CCCC[C@H](NC(=O)CCCCCNC(=O)OCc1ccccc1)C(N)=O. The van der Waals surface area contributed by atoms with Crippen LogP contribution in [0, 0.1) is 11.3 Å². The highest BCUT2D eigenvalue weighted by Crippen LogP contribution is 2.04. The monoisotopic (exact) mass is 388 g/mol. The summed E-state index contributed by atoms with van der Waals surface area (Å²) in [4.78, 5) is 34.8. The van der Waals surface area contributed by atoms with Crippen molar-refractivity contribution in [2.45, 2.75) is 57.6 Å². The largest absolute Gasteiger partial charge is 0.445 e. The normalized spacial score (nSPS) is 11.1. The van der Waals surface area contributed by atoms with Crippen molar-refractivity contribution in [3.8, 4) is 6.07 Å². The topological polar surface area (TPSA) is 134 Å². The Hall–Kier alpha value is -3.08. The Morgan fingerprint density at radius 1 is 1.11 bits per heavy atom. The molecule has 0 fully saturated rings. The number of hydrogen-bond donors (Lipinski definition) is 3. The van der Waals surface area contributed by atoms with Crippen LogP contribution >= 0.6 is 0 Å². The Labute approximate surface area is 165 Å². The minimum absolute atomic E-state index is 0.224. The van der Waals surface area contributed by atoms with Gasteiger partial charge in [0.25, 0.3) is 0 Å². The first-order valence-corrected chi connectivity index (χ1v) is 9.43. The lowest BCUT2D eigenvalue weighted by molar-refractivity contribution is -0.127. The molecule has 0 aliphatic carbocycles. The fraction of sp³-hybridized carbons (Fsp3) is 0.500. The lowest BCUT2D eigenvalue weighted by atomic mass is 10.1. The van der Waals surface area contributed by atoms with E-state index in [1.54, 1.807) is 0 Å². The summed E-state index contributed by atoms with van der Waals surface area (Å²) in [6, 6.07) is 10.7. The maximum Gasteiger partial charge on any atom is 0.407 e. The number of nitrogens with two attached hydrogens (primary N) is 1. The number of nitriles is 1. The first-order valence-electron chi connectivity index (χ1n) is 9.43. The van der Waals surface area contributed by atoms with Crippen molar-refractivity contribution >= 4 is 17.9 Å². The van der Waals surface area contributed by atoms with Crippen LogP contribution in [-0.2, 0) is 20.9 Å². The van der Waals surface area contributed by atoms with Crippen molar-refractivity contribution in [2.75, 3.05) is 6.54 Å². The van der Waals surface area contributed by atoms with E-state index in [-0.39, 0.29) is 18.9 Å². The molecule has 0 aliphatic rings. The van der Waals surface area contributed by atoms with Crippen molar-refractivity contribution < 1.29 is 19.1 Å². The standard InChI is InChI=1S/C20H28N4O4/c21-13-7-6-11-17(19(22)26)24-18(25)12-5-2-8-14-23-20(27)28-15-16-9-3-1-4-10-16/h1,3-4,9-10,17H,2,5-8,11-12,14-15H2,(H2,22,26)(H,23,27)(H,24,25)/t17-/m0/s1. The number of unbranched alkanes of at least 4 members (excludes halogenated alkanes) is 3. The lowest BCUT2D eigenvalue weighted by Gasteiger charge is -2.14. The number of rotatable bonds is 13. The quantitative estimate of drug-likeness (QED) is 0.445. The minimum Gasteiger partial charge on any atom is -0.445 e. The fourth-order valence-corrected chi connectivity index (χ4v) is 2.49. The van der Waals surface area contributed by atoms with Gasteiger partial charge in [0.2, 0.25) is 11.8 Å². The van der Waals surface area contributed by atoms with Crippen LogP contribution in [0.25, 0.3) is 0 Å². The van der Waals surface area contributed by atoms with Crippen LogP contribution in [0.1, 0.15) is 50.5 Å². The van der Waals surface area contributed by atoms with Gasteiger partial charge in [-0.1, -0.05) is 36.8 Å². The van der Waals surface area contributed by atoms with Crippen LogP contribution in [0.4, 0.5) is 4.79 Å². The molecule has 4 N–H and O–H groups in total. The highest BCUT2D eigenvalue weighted by Gasteiger charge is 2.17. The molecule has 0 spiro atoms. The number of ether oxygens (including phenoxy) is 1. The third-order valence-electron chi connectivity index (χ3n) is 4.02. The van der Waals surface area contributed by atoms with E-state index in [0.29, 0.717) is 32.2 Å². The smallest absolute Gasteiger partial charge is 0.407 e. The zero-order valence-corrected chi connectivity index (χ0v) is 16.0. The zero-order valence-electron chi connectivity index (χ0n) is 16.0. The maximum absolute atomic E-state index is 11.9. The predicted molar refractivity (Wildman–Crippen MR) is 104 cm³/mol. The van der Waals surface area contributed by atoms with E-state index in [1.165, 1.54) is 0 Å². The summed E-state index contributed by atoms with van der Waals surface area (Å²) in [6.45, 7) is 0.690. The molecular formula is C20H28N4O4. The van der Waals surface area contributed by atoms with Gasteiger partial charge in [0.05, 0.1) is 6.07 Å². The molecule has 28 heavy (non-hydrogen) atoms. The van der Waals surface area contributed by atoms with Crippen molar-refractivity contribution in [1.82, 2.24) is 10.6 Å². The molecule has 0 bridgehead atoms. The highest BCUT2D eigenvalue weighted by atomic mass is 16.5. The summed E-state index contributed by atoms with van der Waals surface area (Å²) >= 11 is 0. The van der Waals surface area contributed by atoms with Gasteiger partial charge < -0.3 is 21.1 Å². The Bertz CT molecular complexity index is 658. The number of amides is 3. The Kier molecular flexibility index (Phi) is 11.5. The summed E-state index contributed by atoms with van der Waals surface area (Å²) in [5, 5.41) is 13.8. The van der Waals surface area contributed by atoms with Crippen LogP contribution in [0.5, 0.6) is 0 Å². The van der Waals surface area contributed by atoms with Gasteiger partial charge in [-0.3, -0.25) is 9.59 Å². The molecule has 1 aromatic carbocycles. The molecule has 0 heterocycles. The van der Waals surface area contributed by atoms with Crippen LogP contribution in [-0.4, -0.2) is 30.5 Å². The first-order chi connectivity index (χ1) is 13.5. The molecule has 0 radical (unpaired) electrons. The summed E-state index contributed by atoms with van der Waals surface area (Å²) in [5.41, 5.74) is 6.18. The number of carbonyl (C=O) groups is 3. The van der Waals surface area contributed by atoms with E-state index < -0.39 is 18.0 Å². The van der Waals surface area contributed by atoms with Crippen molar-refractivity contribution in [3.05, 3.63) is 35.9 Å². The molecule has 1 rings (SSSR count). The molecule has 0 aromatic heterocycles. The summed E-state index contributed by atoms with van der Waals surface area (Å²) < 4.78 is 5.10. The molecule has 3 amide bonds. The molecule has 1 aromatic rings. The Morgan fingerprint density at radius 3 is 2.54 bits per heavy atom. The van der Waals surface area contributed by atoms with Crippen LogP contribution in [0.3, 0.4) is 0 Å². The molecule has 0 saturated heterocycles. The Balaban J connectivity index is 2.07. The van der Waals surface area contributed by atoms with E-state index in [1.807, 2.05) is 36.4 Å². The van der Waals surface area contributed by atoms with Gasteiger partial charge in [-0.25, -0.2) is 4.79 Å². The van der Waals surface area contributed by atoms with Crippen molar-refractivity contribution in [1.29, 1.82) is 5.26 Å². The maximum atomic E-state index is 11.9. The molecule has 152 valence electrons. The van der Waals surface area contributed by atoms with Crippen molar-refractivity contribution in [3.63, 3.8) is 0 Å². The van der Waals surface area contributed by atoms with Gasteiger partial charge >= 0.3 is 6.09 Å². The molecule has 0 aliphatic heterocycles. The summed E-state index contributed by atoms with van der Waals surface area (Å²) in [7, 11) is 0. The minimum atomic E-state index is -0.734. The Morgan fingerprint density at radius 2 is 1.86 bits per heavy atom. The van der Waals surface area contributed by atoms with Crippen molar-refractivity contribution in [2.24, 2.45) is 5.73 Å². The van der Waals surface area contributed by atoms with Crippen LogP contribution in [0.2, 0.25) is 0 Å². The van der Waals surface area contributed by atoms with Crippen LogP contribution in [0.15, 0.2) is 30.3 Å². The second-order valence-electron chi connectivity index (χ2n) is 6.37. The molecule has 8 heteroatoms. The molecule has 1 atom stereocenters. The van der Waals surface area contributed by atoms with Gasteiger partial charge in [0, 0.05) is 19.4 Å². The number of benzene rings is 1. The van der Waals surface area contributed by atoms with Crippen LogP contribution < -0.4 is 16.4 Å². The first kappa shape index (κ1) is 23.0. The molecule has 8 nitrogen and oxygen atoms in total. The van der Waals surface area contributed by atoms with Gasteiger partial charge in [0.1, 0.15) is 12.6 Å². The number of carbonyl (C=O) groups excluding carboxylic acids is 3. The number of hydrogen-bond acceptors (Lipinski definition) is 5. The average Bonchev–Trinajstić information content (AvgIpc) is 2.69. The third-order valence-corrected chi connectivity index (χ3v) is 4.02. The molecular weight excluding hydrogens is 360 g/mol. The van der Waals surface area contributed by atoms with E-state index in [0.717, 1.165) is 18.4 Å². The van der Waals surface area contributed by atoms with Gasteiger partial charge in [0.15, 0.2) is 0 Å². The molecule has 0 saturated carbocycles. The van der Waals surface area contributed by atoms with E-state index >= 15 is 0 Å². The summed E-state index contributed by atoms with van der Waals surface area (Å²) in [6.07, 6.45) is 3.11. The zero-order chi connectivity index (χ0) is 20.6. The predicted octanol–water partition coefficient (Wildman–Crippen LogP) is 2.14. The highest BCUT2D eigenvalue weighted by molar-refractivity contribution is 5.86. The third kappa shape index (κ3) is 10.8. The van der Waals surface area contributed by atoms with Gasteiger partial charge in [-0.2, -0.15) is 5.26 Å². The van der Waals surface area contributed by atoms with E-state index in [4.69, 9.17) is 15.7 Å². The van der Waals surface area contributed by atoms with Gasteiger partial charge in [-0.05, 0) is 31.2 Å². The number of nitrogens with zero attached hydrogens (tertiary/aromatic N) is 1. The fourth-order valence-electron chi connectivity index (χ4n) is 2.49. The molecule has 0 unspecified atom stereocenters. The number of alkyl carbamates (subject to hydrolysis) is 1. The second kappa shape index (κ2) is 14.0. The average molecular weight is 388 g/mol. The lowest BCUT2D eigenvalue weighted by Crippen LogP contribution is -2.44. The van der Waals surface area contributed by atoms with Gasteiger partial charge in [-0.15, -0.1) is 0 Å². The second-order valence-corrected chi connectivity index (χ2v) is 6.37.